The van der Waals surface area contributed by atoms with Gasteiger partial charge in [-0.15, -0.1) is 0 Å². The van der Waals surface area contributed by atoms with E-state index in [0.717, 1.165) is 37.2 Å². The van der Waals surface area contributed by atoms with E-state index in [1.165, 1.54) is 11.6 Å². The number of carboxylic acids is 1. The third-order valence-electron chi connectivity index (χ3n) is 10.00. The van der Waals surface area contributed by atoms with Crippen LogP contribution in [-0.2, 0) is 20.9 Å². The molecule has 0 bridgehead atoms. The Morgan fingerprint density at radius 2 is 1.45 bits per heavy atom. The zero-order valence-electron chi connectivity index (χ0n) is 29.3. The Morgan fingerprint density at radius 1 is 0.804 bits per heavy atom. The van der Waals surface area contributed by atoms with Crippen LogP contribution in [0.2, 0.25) is 0 Å². The molecule has 2 unspecified atom stereocenters. The summed E-state index contributed by atoms with van der Waals surface area (Å²) in [5.41, 5.74) is 5.50. The third-order valence-corrected chi connectivity index (χ3v) is 10.00. The van der Waals surface area contributed by atoms with Crippen LogP contribution in [0.5, 0.6) is 0 Å². The first kappa shape index (κ1) is 35.5. The predicted molar refractivity (Wildman–Crippen MR) is 199 cm³/mol. The standard InChI is InChI=1S/C43H45N3O5/c1-30-38(41(47)46-24-13-23-45(25-26-46)29-32-14-6-3-7-15-32)40(35-20-12-21-36(28-35)42(48)49)39(31(2)44-30)43(50)51-27-22-37(33-16-8-4-9-17-33)34-18-10-5-11-19-34/h3-12,14-21,28,37-38,40H,13,22-27,29H2,1-2H3,(H,48,49). The number of carbonyl (C=O) groups excluding carboxylic acids is 2. The Hall–Kier alpha value is -5.34. The Morgan fingerprint density at radius 3 is 2.10 bits per heavy atom. The molecule has 0 aliphatic carbocycles. The summed E-state index contributed by atoms with van der Waals surface area (Å²) in [7, 11) is 0. The van der Waals surface area contributed by atoms with E-state index in [4.69, 9.17) is 9.73 Å². The summed E-state index contributed by atoms with van der Waals surface area (Å²) in [6, 6.07) is 37.2. The van der Waals surface area contributed by atoms with Gasteiger partial charge in [-0.2, -0.15) is 0 Å². The SMILES string of the molecule is CC1=NC(C)=C(C(=O)OCCC(c2ccccc2)c2ccccc2)C(c2cccc(C(=O)O)c2)C1C(=O)N1CCCN(Cc2ccccc2)CC1. The van der Waals surface area contributed by atoms with Crippen LogP contribution in [0.4, 0.5) is 0 Å². The molecule has 4 aromatic carbocycles. The molecule has 2 heterocycles. The monoisotopic (exact) mass is 683 g/mol. The number of carboxylic acid groups (broad SMARTS) is 1. The van der Waals surface area contributed by atoms with Gasteiger partial charge in [0.05, 0.1) is 23.7 Å². The number of allylic oxidation sites excluding steroid dienone is 1. The van der Waals surface area contributed by atoms with Crippen molar-refractivity contribution < 1.29 is 24.2 Å². The molecule has 6 rings (SSSR count). The van der Waals surface area contributed by atoms with E-state index in [1.54, 1.807) is 25.1 Å². The molecule has 2 aliphatic heterocycles. The van der Waals surface area contributed by atoms with E-state index >= 15 is 0 Å². The van der Waals surface area contributed by atoms with Crippen LogP contribution in [0.25, 0.3) is 0 Å². The summed E-state index contributed by atoms with van der Waals surface area (Å²) in [5, 5.41) is 9.88. The van der Waals surface area contributed by atoms with E-state index in [9.17, 15) is 19.5 Å². The van der Waals surface area contributed by atoms with Gasteiger partial charge in [-0.05, 0) is 61.1 Å². The van der Waals surface area contributed by atoms with Gasteiger partial charge in [0.15, 0.2) is 0 Å². The molecule has 0 aromatic heterocycles. The molecule has 51 heavy (non-hydrogen) atoms. The minimum absolute atomic E-state index is 0.0174. The van der Waals surface area contributed by atoms with Crippen LogP contribution in [0, 0.1) is 5.92 Å². The maximum Gasteiger partial charge on any atom is 0.336 e. The first-order chi connectivity index (χ1) is 24.8. The quantitative estimate of drug-likeness (QED) is 0.166. The second kappa shape index (κ2) is 16.6. The zero-order chi connectivity index (χ0) is 35.7. The third kappa shape index (κ3) is 8.52. The van der Waals surface area contributed by atoms with Crippen LogP contribution < -0.4 is 0 Å². The zero-order valence-corrected chi connectivity index (χ0v) is 29.3. The highest BCUT2D eigenvalue weighted by Crippen LogP contribution is 2.41. The minimum atomic E-state index is -1.08. The largest absolute Gasteiger partial charge is 0.478 e. The number of esters is 1. The van der Waals surface area contributed by atoms with Crippen LogP contribution in [0.15, 0.2) is 132 Å². The average molecular weight is 684 g/mol. The van der Waals surface area contributed by atoms with Gasteiger partial charge in [-0.3, -0.25) is 14.7 Å². The molecule has 8 heteroatoms. The second-order valence-corrected chi connectivity index (χ2v) is 13.4. The number of rotatable bonds is 11. The number of ether oxygens (including phenoxy) is 1. The smallest absolute Gasteiger partial charge is 0.336 e. The lowest BCUT2D eigenvalue weighted by atomic mass is 9.74. The molecule has 2 aliphatic rings. The molecule has 1 N–H and O–H groups in total. The summed E-state index contributed by atoms with van der Waals surface area (Å²) in [5.74, 6) is -3.27. The molecule has 4 aromatic rings. The van der Waals surface area contributed by atoms with Crippen molar-refractivity contribution in [2.24, 2.45) is 10.9 Å². The number of benzene rings is 4. The summed E-state index contributed by atoms with van der Waals surface area (Å²) in [4.78, 5) is 49.9. The van der Waals surface area contributed by atoms with Crippen molar-refractivity contribution in [2.75, 3.05) is 32.8 Å². The molecular weight excluding hydrogens is 638 g/mol. The van der Waals surface area contributed by atoms with Crippen molar-refractivity contribution >= 4 is 23.6 Å². The van der Waals surface area contributed by atoms with Gasteiger partial charge >= 0.3 is 11.9 Å². The first-order valence-corrected chi connectivity index (χ1v) is 17.7. The minimum Gasteiger partial charge on any atom is -0.478 e. The van der Waals surface area contributed by atoms with E-state index in [2.05, 4.69) is 41.3 Å². The number of hydrogen-bond donors (Lipinski definition) is 1. The maximum absolute atomic E-state index is 14.6. The molecular formula is C43H45N3O5. The number of aromatic carboxylic acids is 1. The molecule has 1 fully saturated rings. The Bertz CT molecular complexity index is 1850. The first-order valence-electron chi connectivity index (χ1n) is 17.7. The Kier molecular flexibility index (Phi) is 11.5. The lowest BCUT2D eigenvalue weighted by Gasteiger charge is -2.35. The van der Waals surface area contributed by atoms with Crippen molar-refractivity contribution in [3.8, 4) is 0 Å². The van der Waals surface area contributed by atoms with E-state index in [-0.39, 0.29) is 29.6 Å². The van der Waals surface area contributed by atoms with Crippen molar-refractivity contribution in [3.05, 3.63) is 154 Å². The number of aliphatic imine (C=N–C) groups is 1. The summed E-state index contributed by atoms with van der Waals surface area (Å²) in [6.07, 6.45) is 1.37. The fraction of sp³-hybridized carbons (Fsp3) is 0.302. The van der Waals surface area contributed by atoms with E-state index in [0.29, 0.717) is 36.5 Å². The van der Waals surface area contributed by atoms with Crippen molar-refractivity contribution in [3.63, 3.8) is 0 Å². The fourth-order valence-electron chi connectivity index (χ4n) is 7.48. The van der Waals surface area contributed by atoms with Gasteiger partial charge in [0.2, 0.25) is 5.91 Å². The Balaban J connectivity index is 1.25. The average Bonchev–Trinajstić information content (AvgIpc) is 3.39. The van der Waals surface area contributed by atoms with Gasteiger partial charge in [0.25, 0.3) is 0 Å². The topological polar surface area (TPSA) is 99.5 Å². The summed E-state index contributed by atoms with van der Waals surface area (Å²) in [6.45, 7) is 7.26. The maximum atomic E-state index is 14.6. The molecule has 0 saturated carbocycles. The predicted octanol–water partition coefficient (Wildman–Crippen LogP) is 7.33. The van der Waals surface area contributed by atoms with Crippen LogP contribution in [0.3, 0.4) is 0 Å². The van der Waals surface area contributed by atoms with Crippen molar-refractivity contribution in [1.29, 1.82) is 0 Å². The molecule has 2 atom stereocenters. The van der Waals surface area contributed by atoms with Crippen molar-refractivity contribution in [1.82, 2.24) is 9.80 Å². The van der Waals surface area contributed by atoms with Gasteiger partial charge in [0.1, 0.15) is 0 Å². The highest BCUT2D eigenvalue weighted by Gasteiger charge is 2.43. The van der Waals surface area contributed by atoms with Gasteiger partial charge in [-0.1, -0.05) is 103 Å². The molecule has 262 valence electrons. The molecule has 1 amide bonds. The fourth-order valence-corrected chi connectivity index (χ4v) is 7.48. The number of hydrogen-bond acceptors (Lipinski definition) is 6. The van der Waals surface area contributed by atoms with Crippen LogP contribution in [-0.4, -0.2) is 71.2 Å². The van der Waals surface area contributed by atoms with E-state index < -0.39 is 23.8 Å². The van der Waals surface area contributed by atoms with E-state index in [1.807, 2.05) is 66.4 Å². The molecule has 0 radical (unpaired) electrons. The molecule has 8 nitrogen and oxygen atoms in total. The van der Waals surface area contributed by atoms with Crippen LogP contribution in [0.1, 0.15) is 71.1 Å². The van der Waals surface area contributed by atoms with Crippen molar-refractivity contribution in [2.45, 2.75) is 45.1 Å². The highest BCUT2D eigenvalue weighted by atomic mass is 16.5. The van der Waals surface area contributed by atoms with Gasteiger partial charge in [0, 0.05) is 56.0 Å². The lowest BCUT2D eigenvalue weighted by molar-refractivity contribution is -0.140. The lowest BCUT2D eigenvalue weighted by Crippen LogP contribution is -2.45. The molecule has 0 spiro atoms. The van der Waals surface area contributed by atoms with Gasteiger partial charge in [-0.25, -0.2) is 9.59 Å². The Labute approximate surface area is 300 Å². The summed E-state index contributed by atoms with van der Waals surface area (Å²) >= 11 is 0. The summed E-state index contributed by atoms with van der Waals surface area (Å²) < 4.78 is 6.04. The normalized spacial score (nSPS) is 18.3. The highest BCUT2D eigenvalue weighted by molar-refractivity contribution is 6.08. The van der Waals surface area contributed by atoms with Gasteiger partial charge < -0.3 is 14.7 Å². The molecule has 1 saturated heterocycles. The number of nitrogens with zero attached hydrogens (tertiary/aromatic N) is 3. The number of amides is 1. The second-order valence-electron chi connectivity index (χ2n) is 13.4. The number of carbonyl (C=O) groups is 3. The van der Waals surface area contributed by atoms with Crippen LogP contribution >= 0.6 is 0 Å².